The molecule has 2 amide bonds. The van der Waals surface area contributed by atoms with Gasteiger partial charge >= 0.3 is 0 Å². The van der Waals surface area contributed by atoms with E-state index in [1.807, 2.05) is 36.4 Å². The Morgan fingerprint density at radius 1 is 0.938 bits per heavy atom. The van der Waals surface area contributed by atoms with Gasteiger partial charge in [0.1, 0.15) is 6.04 Å². The molecule has 0 radical (unpaired) electrons. The van der Waals surface area contributed by atoms with Crippen molar-refractivity contribution in [3.05, 3.63) is 78.3 Å². The number of rotatable bonds is 6. The number of fused-ring (bicyclic) bond motifs is 1. The number of anilines is 1. The molecule has 1 saturated carbocycles. The normalized spacial score (nSPS) is 16.6. The quantitative estimate of drug-likeness (QED) is 0.606. The molecule has 2 heterocycles. The Labute approximate surface area is 185 Å². The highest BCUT2D eigenvalue weighted by molar-refractivity contribution is 6.00. The lowest BCUT2D eigenvalue weighted by atomic mass is 10.0. The minimum absolute atomic E-state index is 0.154. The summed E-state index contributed by atoms with van der Waals surface area (Å²) in [5.74, 6) is 0.141. The second-order valence-electron chi connectivity index (χ2n) is 8.17. The first-order valence-electron chi connectivity index (χ1n) is 10.8. The number of nitrogens with one attached hydrogen (secondary N) is 2. The van der Waals surface area contributed by atoms with Gasteiger partial charge in [0.25, 0.3) is 11.7 Å². The number of ether oxygens (including phenoxy) is 2. The van der Waals surface area contributed by atoms with Gasteiger partial charge in [-0.05, 0) is 42.7 Å². The van der Waals surface area contributed by atoms with E-state index in [9.17, 15) is 9.59 Å². The average molecular weight is 432 g/mol. The number of hydrogen-bond donors (Lipinski definition) is 2. The molecule has 1 aliphatic heterocycles. The summed E-state index contributed by atoms with van der Waals surface area (Å²) in [7, 11) is 0. The Morgan fingerprint density at radius 3 is 2.47 bits per heavy atom. The molecular weight excluding hydrogens is 408 g/mol. The van der Waals surface area contributed by atoms with Gasteiger partial charge < -0.3 is 24.5 Å². The Kier molecular flexibility index (Phi) is 5.31. The third-order valence-electron chi connectivity index (χ3n) is 5.82. The highest BCUT2D eigenvalue weighted by Crippen LogP contribution is 2.47. The van der Waals surface area contributed by atoms with Gasteiger partial charge in [-0.1, -0.05) is 30.3 Å². The van der Waals surface area contributed by atoms with Crippen molar-refractivity contribution in [2.45, 2.75) is 43.9 Å². The first-order chi connectivity index (χ1) is 15.6. The van der Waals surface area contributed by atoms with Crippen LogP contribution in [-0.4, -0.2) is 23.6 Å². The van der Waals surface area contributed by atoms with Crippen molar-refractivity contribution < 1.29 is 23.5 Å². The standard InChI is InChI=1S/C25H24N2O5/c28-23(26-18-10-11-20-22(16-18)32-25(31-20)12-4-5-13-25)19(15-17-7-2-1-3-8-17)27-24(29)21-9-6-14-30-21/h1-3,6-11,14,16,19H,4-5,12-13,15H2,(H,26,28)(H,27,29). The van der Waals surface area contributed by atoms with E-state index in [-0.39, 0.29) is 11.7 Å². The average Bonchev–Trinajstić information content (AvgIpc) is 3.55. The highest BCUT2D eigenvalue weighted by atomic mass is 16.7. The zero-order valence-electron chi connectivity index (χ0n) is 17.5. The van der Waals surface area contributed by atoms with Gasteiger partial charge in [-0.25, -0.2) is 0 Å². The van der Waals surface area contributed by atoms with Crippen LogP contribution in [0.15, 0.2) is 71.3 Å². The third-order valence-corrected chi connectivity index (χ3v) is 5.82. The summed E-state index contributed by atoms with van der Waals surface area (Å²) < 4.78 is 17.3. The van der Waals surface area contributed by atoms with Gasteiger partial charge in [-0.3, -0.25) is 9.59 Å². The molecule has 1 fully saturated rings. The van der Waals surface area contributed by atoms with Crippen molar-refractivity contribution in [3.8, 4) is 11.5 Å². The van der Waals surface area contributed by atoms with Gasteiger partial charge in [0.2, 0.25) is 5.91 Å². The van der Waals surface area contributed by atoms with E-state index in [1.165, 1.54) is 6.26 Å². The van der Waals surface area contributed by atoms with Gasteiger partial charge in [-0.2, -0.15) is 0 Å². The largest absolute Gasteiger partial charge is 0.459 e. The molecule has 32 heavy (non-hydrogen) atoms. The number of carbonyl (C=O) groups is 2. The van der Waals surface area contributed by atoms with E-state index in [4.69, 9.17) is 13.9 Å². The molecule has 1 atom stereocenters. The second-order valence-corrected chi connectivity index (χ2v) is 8.17. The molecule has 2 N–H and O–H groups in total. The second kappa shape index (κ2) is 8.42. The molecule has 2 aromatic carbocycles. The van der Waals surface area contributed by atoms with E-state index in [2.05, 4.69) is 10.6 Å². The number of furan rings is 1. The van der Waals surface area contributed by atoms with Crippen LogP contribution in [0.2, 0.25) is 0 Å². The number of benzene rings is 2. The van der Waals surface area contributed by atoms with Crippen LogP contribution in [0.25, 0.3) is 0 Å². The molecule has 164 valence electrons. The first-order valence-corrected chi connectivity index (χ1v) is 10.8. The van der Waals surface area contributed by atoms with Crippen LogP contribution < -0.4 is 20.1 Å². The molecule has 1 aliphatic carbocycles. The molecule has 7 heteroatoms. The Morgan fingerprint density at radius 2 is 1.72 bits per heavy atom. The molecule has 1 spiro atoms. The van der Waals surface area contributed by atoms with Gasteiger partial charge in [-0.15, -0.1) is 0 Å². The highest BCUT2D eigenvalue weighted by Gasteiger charge is 2.44. The van der Waals surface area contributed by atoms with Crippen molar-refractivity contribution >= 4 is 17.5 Å². The Bertz CT molecular complexity index is 1100. The molecule has 2 aliphatic rings. The van der Waals surface area contributed by atoms with Gasteiger partial charge in [0.05, 0.1) is 6.26 Å². The number of carbonyl (C=O) groups excluding carboxylic acids is 2. The summed E-state index contributed by atoms with van der Waals surface area (Å²) in [6.45, 7) is 0. The predicted molar refractivity (Wildman–Crippen MR) is 118 cm³/mol. The van der Waals surface area contributed by atoms with Crippen LogP contribution in [0.5, 0.6) is 11.5 Å². The van der Waals surface area contributed by atoms with Crippen LogP contribution in [0.3, 0.4) is 0 Å². The van der Waals surface area contributed by atoms with Crippen molar-refractivity contribution in [3.63, 3.8) is 0 Å². The maximum absolute atomic E-state index is 13.1. The number of amides is 2. The molecule has 5 rings (SSSR count). The molecular formula is C25H24N2O5. The van der Waals surface area contributed by atoms with Gasteiger partial charge in [0, 0.05) is 31.0 Å². The summed E-state index contributed by atoms with van der Waals surface area (Å²) >= 11 is 0. The van der Waals surface area contributed by atoms with Crippen molar-refractivity contribution in [1.29, 1.82) is 0 Å². The van der Waals surface area contributed by atoms with Crippen LogP contribution in [-0.2, 0) is 11.2 Å². The molecule has 0 saturated heterocycles. The lowest BCUT2D eigenvalue weighted by Crippen LogP contribution is -2.45. The maximum atomic E-state index is 13.1. The molecule has 7 nitrogen and oxygen atoms in total. The SMILES string of the molecule is O=C(NC(Cc1ccccc1)C(=O)Nc1ccc2c(c1)OC1(CCCC1)O2)c1ccco1. The lowest BCUT2D eigenvalue weighted by molar-refractivity contribution is -0.118. The zero-order chi connectivity index (χ0) is 22.0. The van der Waals surface area contributed by atoms with E-state index < -0.39 is 17.7 Å². The summed E-state index contributed by atoms with van der Waals surface area (Å²) in [6, 6.07) is 17.3. The minimum Gasteiger partial charge on any atom is -0.459 e. The van der Waals surface area contributed by atoms with E-state index in [1.54, 1.807) is 24.3 Å². The summed E-state index contributed by atoms with van der Waals surface area (Å²) in [6.07, 6.45) is 5.64. The fraction of sp³-hybridized carbons (Fsp3) is 0.280. The first kappa shape index (κ1) is 20.2. The number of hydrogen-bond acceptors (Lipinski definition) is 5. The smallest absolute Gasteiger partial charge is 0.287 e. The Hall–Kier alpha value is -3.74. The van der Waals surface area contributed by atoms with Crippen molar-refractivity contribution in [1.82, 2.24) is 5.32 Å². The fourth-order valence-corrected chi connectivity index (χ4v) is 4.21. The molecule has 0 bridgehead atoms. The Balaban J connectivity index is 1.32. The third kappa shape index (κ3) is 4.19. The molecule has 1 unspecified atom stereocenters. The molecule has 3 aromatic rings. The van der Waals surface area contributed by atoms with Crippen molar-refractivity contribution in [2.24, 2.45) is 0 Å². The maximum Gasteiger partial charge on any atom is 0.287 e. The summed E-state index contributed by atoms with van der Waals surface area (Å²) in [5.41, 5.74) is 1.51. The van der Waals surface area contributed by atoms with Crippen LogP contribution in [0.1, 0.15) is 41.8 Å². The van der Waals surface area contributed by atoms with Crippen LogP contribution in [0.4, 0.5) is 5.69 Å². The van der Waals surface area contributed by atoms with Crippen molar-refractivity contribution in [2.75, 3.05) is 5.32 Å². The van der Waals surface area contributed by atoms with Crippen LogP contribution >= 0.6 is 0 Å². The lowest BCUT2D eigenvalue weighted by Gasteiger charge is -2.21. The minimum atomic E-state index is -0.790. The monoisotopic (exact) mass is 432 g/mol. The topological polar surface area (TPSA) is 89.8 Å². The molecule has 1 aromatic heterocycles. The van der Waals surface area contributed by atoms with Gasteiger partial charge in [0.15, 0.2) is 17.3 Å². The predicted octanol–water partition coefficient (Wildman–Crippen LogP) is 4.30. The zero-order valence-corrected chi connectivity index (χ0v) is 17.5. The van der Waals surface area contributed by atoms with Crippen LogP contribution in [0, 0.1) is 0 Å². The van der Waals surface area contributed by atoms with E-state index in [0.29, 0.717) is 23.6 Å². The fourth-order valence-electron chi connectivity index (χ4n) is 4.21. The van der Waals surface area contributed by atoms with E-state index in [0.717, 1.165) is 31.2 Å². The summed E-state index contributed by atoms with van der Waals surface area (Å²) in [5, 5.41) is 5.68. The summed E-state index contributed by atoms with van der Waals surface area (Å²) in [4.78, 5) is 25.7. The van der Waals surface area contributed by atoms with E-state index >= 15 is 0 Å².